The van der Waals surface area contributed by atoms with Crippen molar-refractivity contribution in [3.05, 3.63) is 0 Å². The highest BCUT2D eigenvalue weighted by Gasteiger charge is 2.23. The molecule has 2 rings (SSSR count). The Hall–Kier alpha value is 0.660. The highest BCUT2D eigenvalue weighted by Crippen LogP contribution is 2.26. The van der Waals surface area contributed by atoms with Crippen LogP contribution in [0, 0.1) is 5.92 Å². The van der Waals surface area contributed by atoms with Crippen LogP contribution in [-0.2, 0) is 0 Å². The van der Waals surface area contributed by atoms with Gasteiger partial charge in [-0.15, -0.1) is 0 Å². The van der Waals surface area contributed by atoms with E-state index in [1.165, 1.54) is 43.1 Å². The topological polar surface area (TPSA) is 12.0 Å². The van der Waals surface area contributed by atoms with E-state index < -0.39 is 0 Å². The minimum atomic E-state index is 0.791. The zero-order valence-electron chi connectivity index (χ0n) is 9.00. The lowest BCUT2D eigenvalue weighted by Crippen LogP contribution is -2.41. The van der Waals surface area contributed by atoms with Gasteiger partial charge in [0, 0.05) is 11.3 Å². The average molecular weight is 231 g/mol. The van der Waals surface area contributed by atoms with E-state index in [-0.39, 0.29) is 0 Å². The van der Waals surface area contributed by atoms with Crippen molar-refractivity contribution in [2.45, 2.75) is 37.5 Å². The highest BCUT2D eigenvalue weighted by molar-refractivity contribution is 8.00. The van der Waals surface area contributed by atoms with Crippen LogP contribution in [-0.4, -0.2) is 35.1 Å². The van der Waals surface area contributed by atoms with Crippen molar-refractivity contribution >= 4 is 23.5 Å². The molecule has 2 fully saturated rings. The third kappa shape index (κ3) is 3.07. The van der Waals surface area contributed by atoms with Crippen molar-refractivity contribution in [2.75, 3.05) is 23.8 Å². The number of nitrogens with one attached hydrogen (secondary N) is 1. The maximum Gasteiger partial charge on any atom is 0.0184 e. The lowest BCUT2D eigenvalue weighted by Gasteiger charge is -2.30. The van der Waals surface area contributed by atoms with Gasteiger partial charge in [-0.05, 0) is 49.0 Å². The summed E-state index contributed by atoms with van der Waals surface area (Å²) in [5, 5.41) is 4.61. The lowest BCUT2D eigenvalue weighted by atomic mass is 10.1. The number of hydrogen-bond donors (Lipinski definition) is 1. The van der Waals surface area contributed by atoms with Crippen molar-refractivity contribution in [1.82, 2.24) is 5.32 Å². The molecule has 3 atom stereocenters. The van der Waals surface area contributed by atoms with Crippen LogP contribution >= 0.6 is 23.5 Å². The molecule has 82 valence electrons. The molecule has 14 heavy (non-hydrogen) atoms. The Morgan fingerprint density at radius 2 is 2.21 bits per heavy atom. The fraction of sp³-hybridized carbons (Fsp3) is 1.00. The van der Waals surface area contributed by atoms with E-state index in [1.807, 2.05) is 0 Å². The minimum absolute atomic E-state index is 0.791. The Morgan fingerprint density at radius 1 is 1.29 bits per heavy atom. The molecule has 0 radical (unpaired) electrons. The monoisotopic (exact) mass is 231 g/mol. The Morgan fingerprint density at radius 3 is 2.93 bits per heavy atom. The van der Waals surface area contributed by atoms with Crippen LogP contribution in [0.15, 0.2) is 0 Å². The Kier molecular flexibility index (Phi) is 4.51. The summed E-state index contributed by atoms with van der Waals surface area (Å²) < 4.78 is 0. The van der Waals surface area contributed by atoms with E-state index in [2.05, 4.69) is 35.8 Å². The Bertz CT molecular complexity index is 169. The minimum Gasteiger partial charge on any atom is -0.313 e. The van der Waals surface area contributed by atoms with Gasteiger partial charge in [-0.1, -0.05) is 6.92 Å². The van der Waals surface area contributed by atoms with E-state index in [0.717, 1.165) is 17.2 Å². The summed E-state index contributed by atoms with van der Waals surface area (Å²) in [5.74, 6) is 5.11. The summed E-state index contributed by atoms with van der Waals surface area (Å²) in [6.07, 6.45) is 4.24. The van der Waals surface area contributed by atoms with Gasteiger partial charge in [0.05, 0.1) is 0 Å². The first kappa shape index (κ1) is 11.2. The fourth-order valence-electron chi connectivity index (χ4n) is 2.25. The quantitative estimate of drug-likeness (QED) is 0.802. The molecule has 2 aliphatic rings. The first-order valence-electron chi connectivity index (χ1n) is 5.79. The van der Waals surface area contributed by atoms with Gasteiger partial charge in [0.1, 0.15) is 0 Å². The normalized spacial score (nSPS) is 38.8. The molecule has 0 aromatic heterocycles. The summed E-state index contributed by atoms with van der Waals surface area (Å²) in [7, 11) is 0. The van der Waals surface area contributed by atoms with E-state index in [4.69, 9.17) is 0 Å². The zero-order valence-corrected chi connectivity index (χ0v) is 10.6. The van der Waals surface area contributed by atoms with Crippen molar-refractivity contribution in [3.8, 4) is 0 Å². The van der Waals surface area contributed by atoms with Gasteiger partial charge in [0.2, 0.25) is 0 Å². The van der Waals surface area contributed by atoms with Crippen molar-refractivity contribution < 1.29 is 0 Å². The predicted molar refractivity (Wildman–Crippen MR) is 68.4 cm³/mol. The van der Waals surface area contributed by atoms with Gasteiger partial charge >= 0.3 is 0 Å². The number of thioether (sulfide) groups is 2. The van der Waals surface area contributed by atoms with Crippen LogP contribution < -0.4 is 5.32 Å². The summed E-state index contributed by atoms with van der Waals surface area (Å²) in [6, 6.07) is 0.791. The molecule has 0 bridgehead atoms. The molecular weight excluding hydrogens is 210 g/mol. The van der Waals surface area contributed by atoms with Crippen LogP contribution in [0.3, 0.4) is 0 Å². The molecule has 2 aliphatic heterocycles. The maximum absolute atomic E-state index is 3.78. The molecule has 1 N–H and O–H groups in total. The molecular formula is C11H21NS2. The molecule has 0 saturated carbocycles. The summed E-state index contributed by atoms with van der Waals surface area (Å²) in [5.41, 5.74) is 0. The van der Waals surface area contributed by atoms with Crippen LogP contribution in [0.4, 0.5) is 0 Å². The van der Waals surface area contributed by atoms with Gasteiger partial charge < -0.3 is 5.32 Å². The van der Waals surface area contributed by atoms with Crippen molar-refractivity contribution in [1.29, 1.82) is 0 Å². The first-order valence-corrected chi connectivity index (χ1v) is 7.99. The maximum atomic E-state index is 3.78. The Labute approximate surface area is 96.2 Å². The number of hydrogen-bond acceptors (Lipinski definition) is 3. The summed E-state index contributed by atoms with van der Waals surface area (Å²) >= 11 is 4.27. The molecule has 0 amide bonds. The van der Waals surface area contributed by atoms with Crippen LogP contribution in [0.2, 0.25) is 0 Å². The third-order valence-corrected chi connectivity index (χ3v) is 5.91. The van der Waals surface area contributed by atoms with Crippen LogP contribution in [0.5, 0.6) is 0 Å². The molecule has 0 aliphatic carbocycles. The predicted octanol–water partition coefficient (Wildman–Crippen LogP) is 2.61. The smallest absolute Gasteiger partial charge is 0.0184 e. The molecule has 3 unspecified atom stereocenters. The lowest BCUT2D eigenvalue weighted by molar-refractivity contribution is 0.419. The second kappa shape index (κ2) is 5.66. The van der Waals surface area contributed by atoms with Crippen molar-refractivity contribution in [2.24, 2.45) is 5.92 Å². The largest absolute Gasteiger partial charge is 0.313 e. The second-order valence-electron chi connectivity index (χ2n) is 4.46. The summed E-state index contributed by atoms with van der Waals surface area (Å²) in [4.78, 5) is 0. The Balaban J connectivity index is 1.67. The molecule has 0 spiro atoms. The van der Waals surface area contributed by atoms with E-state index >= 15 is 0 Å². The van der Waals surface area contributed by atoms with E-state index in [9.17, 15) is 0 Å². The van der Waals surface area contributed by atoms with E-state index in [1.54, 1.807) is 0 Å². The standard InChI is InChI=1S/C11H21NS2/c1-9-11(3-2-5-14-9)12-7-10-4-6-13-8-10/h9-12H,2-8H2,1H3. The van der Waals surface area contributed by atoms with Crippen LogP contribution in [0.25, 0.3) is 0 Å². The van der Waals surface area contributed by atoms with Crippen LogP contribution in [0.1, 0.15) is 26.2 Å². The first-order chi connectivity index (χ1) is 6.86. The molecule has 3 heteroatoms. The molecule has 2 saturated heterocycles. The van der Waals surface area contributed by atoms with Gasteiger partial charge in [0.25, 0.3) is 0 Å². The molecule has 0 aromatic carbocycles. The zero-order chi connectivity index (χ0) is 9.80. The van der Waals surface area contributed by atoms with Gasteiger partial charge in [-0.2, -0.15) is 23.5 Å². The SMILES string of the molecule is CC1SCCCC1NCC1CCSC1. The molecule has 1 nitrogen and oxygen atoms in total. The highest BCUT2D eigenvalue weighted by atomic mass is 32.2. The fourth-order valence-corrected chi connectivity index (χ4v) is 4.71. The molecule has 2 heterocycles. The average Bonchev–Trinajstić information content (AvgIpc) is 2.69. The third-order valence-electron chi connectivity index (χ3n) is 3.30. The van der Waals surface area contributed by atoms with Gasteiger partial charge in [0.15, 0.2) is 0 Å². The summed E-state index contributed by atoms with van der Waals surface area (Å²) in [6.45, 7) is 3.65. The van der Waals surface area contributed by atoms with Crippen molar-refractivity contribution in [3.63, 3.8) is 0 Å². The second-order valence-corrected chi connectivity index (χ2v) is 7.10. The van der Waals surface area contributed by atoms with E-state index in [0.29, 0.717) is 0 Å². The van der Waals surface area contributed by atoms with Gasteiger partial charge in [-0.3, -0.25) is 0 Å². The number of rotatable bonds is 3. The molecule has 0 aromatic rings. The van der Waals surface area contributed by atoms with Gasteiger partial charge in [-0.25, -0.2) is 0 Å².